The lowest BCUT2D eigenvalue weighted by Crippen LogP contribution is -2.24. The largest absolute Gasteiger partial charge is 0.384 e. The van der Waals surface area contributed by atoms with Crippen LogP contribution in [-0.2, 0) is 16.6 Å². The standard InChI is InChI=1S/C10H10Cl2N4O2S/c11-7-2-1-3-8(12)9(7)19(17,18)15-5-6-4-14-16-10(6)13/h1-4,15H,5H2,(H3,13,14,16). The lowest BCUT2D eigenvalue weighted by atomic mass is 10.3. The van der Waals surface area contributed by atoms with Gasteiger partial charge in [0.05, 0.1) is 16.2 Å². The molecule has 2 rings (SSSR count). The summed E-state index contributed by atoms with van der Waals surface area (Å²) in [6.45, 7) is -0.00772. The molecule has 0 fully saturated rings. The Balaban J connectivity index is 2.26. The summed E-state index contributed by atoms with van der Waals surface area (Å²) in [5.74, 6) is 0.299. The van der Waals surface area contributed by atoms with E-state index >= 15 is 0 Å². The van der Waals surface area contributed by atoms with E-state index in [-0.39, 0.29) is 21.5 Å². The van der Waals surface area contributed by atoms with Crippen LogP contribution in [0.3, 0.4) is 0 Å². The Hall–Kier alpha value is -1.28. The van der Waals surface area contributed by atoms with E-state index in [0.29, 0.717) is 11.4 Å². The second-order valence-electron chi connectivity index (χ2n) is 3.68. The van der Waals surface area contributed by atoms with E-state index in [9.17, 15) is 8.42 Å². The van der Waals surface area contributed by atoms with Crippen LogP contribution in [0.4, 0.5) is 5.82 Å². The zero-order valence-corrected chi connectivity index (χ0v) is 11.9. The molecule has 4 N–H and O–H groups in total. The molecule has 0 aliphatic carbocycles. The number of aromatic amines is 1. The number of anilines is 1. The Labute approximate surface area is 120 Å². The summed E-state index contributed by atoms with van der Waals surface area (Å²) < 4.78 is 26.6. The number of hydrogen-bond acceptors (Lipinski definition) is 4. The number of benzene rings is 1. The molecule has 102 valence electrons. The van der Waals surface area contributed by atoms with Crippen molar-refractivity contribution in [3.05, 3.63) is 40.0 Å². The van der Waals surface area contributed by atoms with Crippen LogP contribution in [0.2, 0.25) is 10.0 Å². The van der Waals surface area contributed by atoms with Gasteiger partial charge in [-0.25, -0.2) is 13.1 Å². The predicted molar refractivity (Wildman–Crippen MR) is 73.5 cm³/mol. The Morgan fingerprint density at radius 2 is 1.95 bits per heavy atom. The van der Waals surface area contributed by atoms with Crippen molar-refractivity contribution in [3.63, 3.8) is 0 Å². The van der Waals surface area contributed by atoms with Gasteiger partial charge in [-0.15, -0.1) is 0 Å². The van der Waals surface area contributed by atoms with Gasteiger partial charge in [-0.2, -0.15) is 5.10 Å². The lowest BCUT2D eigenvalue weighted by molar-refractivity contribution is 0.581. The molecule has 19 heavy (non-hydrogen) atoms. The van der Waals surface area contributed by atoms with Crippen molar-refractivity contribution in [2.75, 3.05) is 5.73 Å². The average Bonchev–Trinajstić information content (AvgIpc) is 2.72. The first-order valence-electron chi connectivity index (χ1n) is 5.13. The zero-order chi connectivity index (χ0) is 14.0. The minimum atomic E-state index is -3.83. The molecule has 0 aliphatic heterocycles. The van der Waals surface area contributed by atoms with Crippen LogP contribution < -0.4 is 10.5 Å². The highest BCUT2D eigenvalue weighted by atomic mass is 35.5. The quantitative estimate of drug-likeness (QED) is 0.799. The van der Waals surface area contributed by atoms with E-state index in [1.54, 1.807) is 6.07 Å². The van der Waals surface area contributed by atoms with Gasteiger partial charge in [0, 0.05) is 12.1 Å². The predicted octanol–water partition coefficient (Wildman–Crippen LogP) is 1.78. The molecule has 0 spiro atoms. The third kappa shape index (κ3) is 3.01. The highest BCUT2D eigenvalue weighted by molar-refractivity contribution is 7.89. The van der Waals surface area contributed by atoms with Gasteiger partial charge in [-0.1, -0.05) is 29.3 Å². The number of sulfonamides is 1. The average molecular weight is 321 g/mol. The Morgan fingerprint density at radius 1 is 1.32 bits per heavy atom. The van der Waals surface area contributed by atoms with Gasteiger partial charge in [0.1, 0.15) is 10.7 Å². The van der Waals surface area contributed by atoms with Gasteiger partial charge >= 0.3 is 0 Å². The number of nitrogens with zero attached hydrogens (tertiary/aromatic N) is 1. The van der Waals surface area contributed by atoms with E-state index < -0.39 is 10.0 Å². The van der Waals surface area contributed by atoms with Crippen LogP contribution in [0, 0.1) is 0 Å². The number of nitrogens with one attached hydrogen (secondary N) is 2. The van der Waals surface area contributed by atoms with Crippen LogP contribution in [0.5, 0.6) is 0 Å². The molecule has 1 heterocycles. The summed E-state index contributed by atoms with van der Waals surface area (Å²) in [4.78, 5) is -0.152. The second kappa shape index (κ2) is 5.38. The number of nitrogens with two attached hydrogens (primary N) is 1. The maximum Gasteiger partial charge on any atom is 0.243 e. The molecule has 0 bridgehead atoms. The fraction of sp³-hybridized carbons (Fsp3) is 0.100. The molecule has 1 aromatic carbocycles. The van der Waals surface area contributed by atoms with Gasteiger partial charge in [-0.3, -0.25) is 5.10 Å². The van der Waals surface area contributed by atoms with E-state index in [0.717, 1.165) is 0 Å². The van der Waals surface area contributed by atoms with Crippen molar-refractivity contribution in [2.24, 2.45) is 0 Å². The highest BCUT2D eigenvalue weighted by Gasteiger charge is 2.21. The summed E-state index contributed by atoms with van der Waals surface area (Å²) in [5.41, 5.74) is 6.10. The van der Waals surface area contributed by atoms with Gasteiger partial charge in [-0.05, 0) is 12.1 Å². The van der Waals surface area contributed by atoms with Crippen molar-refractivity contribution in [3.8, 4) is 0 Å². The molecule has 0 aliphatic rings. The van der Waals surface area contributed by atoms with Crippen molar-refractivity contribution in [2.45, 2.75) is 11.4 Å². The number of H-pyrrole nitrogens is 1. The molecule has 0 saturated carbocycles. The minimum absolute atomic E-state index is 0.00772. The fourth-order valence-electron chi connectivity index (χ4n) is 1.45. The summed E-state index contributed by atoms with van der Waals surface area (Å²) in [5, 5.41) is 6.31. The first-order valence-corrected chi connectivity index (χ1v) is 7.37. The lowest BCUT2D eigenvalue weighted by Gasteiger charge is -2.09. The monoisotopic (exact) mass is 320 g/mol. The summed E-state index contributed by atoms with van der Waals surface area (Å²) in [6, 6.07) is 4.47. The van der Waals surface area contributed by atoms with Crippen molar-refractivity contribution in [1.82, 2.24) is 14.9 Å². The summed E-state index contributed by atoms with van der Waals surface area (Å²) in [7, 11) is -3.83. The maximum atomic E-state index is 12.1. The Bertz CT molecular complexity index is 679. The highest BCUT2D eigenvalue weighted by Crippen LogP contribution is 2.28. The topological polar surface area (TPSA) is 101 Å². The maximum absolute atomic E-state index is 12.1. The van der Waals surface area contributed by atoms with Crippen LogP contribution in [0.25, 0.3) is 0 Å². The molecule has 0 amide bonds. The minimum Gasteiger partial charge on any atom is -0.384 e. The van der Waals surface area contributed by atoms with Crippen molar-refractivity contribution < 1.29 is 8.42 Å². The molecule has 0 saturated heterocycles. The first kappa shape index (κ1) is 14.1. The molecule has 2 aromatic rings. The van der Waals surface area contributed by atoms with Crippen LogP contribution >= 0.6 is 23.2 Å². The molecule has 0 unspecified atom stereocenters. The summed E-state index contributed by atoms with van der Waals surface area (Å²) >= 11 is 11.7. The third-order valence-electron chi connectivity index (χ3n) is 2.39. The van der Waals surface area contributed by atoms with E-state index in [1.165, 1.54) is 18.3 Å². The van der Waals surface area contributed by atoms with Gasteiger partial charge in [0.15, 0.2) is 0 Å². The molecule has 1 aromatic heterocycles. The normalized spacial score (nSPS) is 11.7. The number of nitrogen functional groups attached to an aromatic ring is 1. The molecular weight excluding hydrogens is 311 g/mol. The van der Waals surface area contributed by atoms with E-state index in [4.69, 9.17) is 28.9 Å². The molecule has 9 heteroatoms. The fourth-order valence-corrected chi connectivity index (χ4v) is 3.59. The van der Waals surface area contributed by atoms with Crippen molar-refractivity contribution in [1.29, 1.82) is 0 Å². The SMILES string of the molecule is Nc1[nH]ncc1CNS(=O)(=O)c1c(Cl)cccc1Cl. The third-order valence-corrected chi connectivity index (χ3v) is 4.75. The smallest absolute Gasteiger partial charge is 0.243 e. The van der Waals surface area contributed by atoms with Crippen molar-refractivity contribution >= 4 is 39.0 Å². The van der Waals surface area contributed by atoms with E-state index in [1.807, 2.05) is 0 Å². The molecular formula is C10H10Cl2N4O2S. The second-order valence-corrected chi connectivity index (χ2v) is 6.20. The zero-order valence-electron chi connectivity index (χ0n) is 9.52. The number of rotatable bonds is 4. The Kier molecular flexibility index (Phi) is 4.00. The number of halogens is 2. The first-order chi connectivity index (χ1) is 8.92. The molecule has 0 atom stereocenters. The molecule has 6 nitrogen and oxygen atoms in total. The van der Waals surface area contributed by atoms with Gasteiger partial charge in [0.25, 0.3) is 0 Å². The molecule has 0 radical (unpaired) electrons. The van der Waals surface area contributed by atoms with Gasteiger partial charge in [0.2, 0.25) is 10.0 Å². The number of aromatic nitrogens is 2. The summed E-state index contributed by atoms with van der Waals surface area (Å²) in [6.07, 6.45) is 1.44. The van der Waals surface area contributed by atoms with Gasteiger partial charge < -0.3 is 5.73 Å². The van der Waals surface area contributed by atoms with Crippen LogP contribution in [0.15, 0.2) is 29.3 Å². The van der Waals surface area contributed by atoms with Crippen LogP contribution in [0.1, 0.15) is 5.56 Å². The van der Waals surface area contributed by atoms with Crippen LogP contribution in [-0.4, -0.2) is 18.6 Å². The van der Waals surface area contributed by atoms with E-state index in [2.05, 4.69) is 14.9 Å². The Morgan fingerprint density at radius 3 is 2.47 bits per heavy atom. The number of hydrogen-bond donors (Lipinski definition) is 3.